The summed E-state index contributed by atoms with van der Waals surface area (Å²) < 4.78 is 5.95. The molecule has 1 saturated heterocycles. The molecule has 1 aliphatic heterocycles. The van der Waals surface area contributed by atoms with Crippen molar-refractivity contribution in [3.63, 3.8) is 0 Å². The van der Waals surface area contributed by atoms with Crippen LogP contribution >= 0.6 is 15.9 Å². The average Bonchev–Trinajstić information content (AvgIpc) is 3.09. The summed E-state index contributed by atoms with van der Waals surface area (Å²) in [7, 11) is 0. The maximum Gasteiger partial charge on any atom is 0.311 e. The minimum Gasteiger partial charge on any atom is -0.455 e. The van der Waals surface area contributed by atoms with E-state index in [-0.39, 0.29) is 13.0 Å². The molecule has 1 aliphatic rings. The fourth-order valence-corrected chi connectivity index (χ4v) is 3.43. The Hall–Kier alpha value is -3.20. The molecule has 0 aliphatic carbocycles. The van der Waals surface area contributed by atoms with E-state index in [2.05, 4.69) is 26.7 Å². The van der Waals surface area contributed by atoms with Gasteiger partial charge < -0.3 is 10.1 Å². The zero-order valence-corrected chi connectivity index (χ0v) is 17.8. The van der Waals surface area contributed by atoms with Crippen LogP contribution in [0, 0.1) is 12.8 Å². The third-order valence-electron chi connectivity index (χ3n) is 4.54. The second-order valence-corrected chi connectivity index (χ2v) is 7.74. The third kappa shape index (κ3) is 5.44. The van der Waals surface area contributed by atoms with Crippen molar-refractivity contribution in [1.82, 2.24) is 10.4 Å². The molecule has 1 heterocycles. The van der Waals surface area contributed by atoms with Crippen LogP contribution in [0.3, 0.4) is 0 Å². The molecule has 2 aromatic rings. The number of esters is 1. The number of rotatable bonds is 6. The van der Waals surface area contributed by atoms with Crippen molar-refractivity contribution in [3.05, 3.63) is 64.1 Å². The number of nitrogens with zero attached hydrogens (tertiary/aromatic N) is 1. The summed E-state index contributed by atoms with van der Waals surface area (Å²) in [4.78, 5) is 48.6. The van der Waals surface area contributed by atoms with Gasteiger partial charge in [0.05, 0.1) is 12.5 Å². The quantitative estimate of drug-likeness (QED) is 0.626. The molecule has 0 aromatic heterocycles. The van der Waals surface area contributed by atoms with E-state index in [1.807, 2.05) is 13.0 Å². The molecule has 9 heteroatoms. The number of hydrazine groups is 1. The third-order valence-corrected chi connectivity index (χ3v) is 5.03. The van der Waals surface area contributed by atoms with E-state index in [0.717, 1.165) is 15.0 Å². The molecule has 156 valence electrons. The van der Waals surface area contributed by atoms with Crippen LogP contribution in [-0.2, 0) is 19.1 Å². The van der Waals surface area contributed by atoms with Crippen molar-refractivity contribution >= 4 is 45.3 Å². The van der Waals surface area contributed by atoms with Crippen molar-refractivity contribution in [1.29, 1.82) is 0 Å². The standard InChI is InChI=1S/C21H20BrN3O5/c1-13-9-16(22)7-8-17(13)23-18(26)12-30-21(29)15-10-19(27)25(11-15)24-20(28)14-5-3-2-4-6-14/h2-9,15H,10-12H2,1H3,(H,23,26)(H,24,28)/t15-/m1/s1. The molecule has 2 N–H and O–H groups in total. The number of anilines is 1. The fourth-order valence-electron chi connectivity index (χ4n) is 2.96. The monoisotopic (exact) mass is 473 g/mol. The number of amides is 3. The Labute approximate surface area is 181 Å². The molecule has 0 spiro atoms. The van der Waals surface area contributed by atoms with Crippen LogP contribution in [-0.4, -0.2) is 41.9 Å². The van der Waals surface area contributed by atoms with E-state index in [1.54, 1.807) is 42.5 Å². The highest BCUT2D eigenvalue weighted by Gasteiger charge is 2.36. The van der Waals surface area contributed by atoms with Gasteiger partial charge in [0, 0.05) is 22.1 Å². The van der Waals surface area contributed by atoms with E-state index < -0.39 is 36.2 Å². The van der Waals surface area contributed by atoms with Gasteiger partial charge in [-0.2, -0.15) is 0 Å². The fraction of sp³-hybridized carbons (Fsp3) is 0.238. The molecule has 3 amide bonds. The number of ether oxygens (including phenoxy) is 1. The summed E-state index contributed by atoms with van der Waals surface area (Å²) in [5, 5.41) is 3.78. The lowest BCUT2D eigenvalue weighted by Gasteiger charge is -2.17. The highest BCUT2D eigenvalue weighted by molar-refractivity contribution is 9.10. The van der Waals surface area contributed by atoms with Gasteiger partial charge in [-0.25, -0.2) is 0 Å². The number of hydrogen-bond donors (Lipinski definition) is 2. The van der Waals surface area contributed by atoms with E-state index in [0.29, 0.717) is 11.3 Å². The van der Waals surface area contributed by atoms with Crippen LogP contribution in [0.15, 0.2) is 53.0 Å². The molecule has 1 atom stereocenters. The Morgan fingerprint density at radius 2 is 1.90 bits per heavy atom. The molecule has 3 rings (SSSR count). The van der Waals surface area contributed by atoms with E-state index in [9.17, 15) is 19.2 Å². The molecule has 0 radical (unpaired) electrons. The minimum absolute atomic E-state index is 0.0102. The molecule has 0 unspecified atom stereocenters. The van der Waals surface area contributed by atoms with Crippen molar-refractivity contribution in [2.24, 2.45) is 5.92 Å². The molecule has 0 saturated carbocycles. The van der Waals surface area contributed by atoms with E-state index >= 15 is 0 Å². The van der Waals surface area contributed by atoms with Crippen molar-refractivity contribution in [2.75, 3.05) is 18.5 Å². The Morgan fingerprint density at radius 1 is 1.17 bits per heavy atom. The summed E-state index contributed by atoms with van der Waals surface area (Å²) >= 11 is 3.35. The summed E-state index contributed by atoms with van der Waals surface area (Å²) in [6.45, 7) is 1.37. The number of benzene rings is 2. The number of halogens is 1. The smallest absolute Gasteiger partial charge is 0.311 e. The Kier molecular flexibility index (Phi) is 6.83. The van der Waals surface area contributed by atoms with Gasteiger partial charge in [-0.1, -0.05) is 34.1 Å². The van der Waals surface area contributed by atoms with Gasteiger partial charge in [0.2, 0.25) is 5.91 Å². The number of hydrogen-bond acceptors (Lipinski definition) is 5. The number of carbonyl (C=O) groups is 4. The minimum atomic E-state index is -0.754. The highest BCUT2D eigenvalue weighted by Crippen LogP contribution is 2.20. The maximum absolute atomic E-state index is 12.3. The molecule has 2 aromatic carbocycles. The Balaban J connectivity index is 1.48. The van der Waals surface area contributed by atoms with Gasteiger partial charge in [-0.15, -0.1) is 0 Å². The Bertz CT molecular complexity index is 980. The van der Waals surface area contributed by atoms with Crippen LogP contribution in [0.5, 0.6) is 0 Å². The lowest BCUT2D eigenvalue weighted by atomic mass is 10.1. The SMILES string of the molecule is Cc1cc(Br)ccc1NC(=O)COC(=O)[C@@H]1CC(=O)N(NC(=O)c2ccccc2)C1. The van der Waals surface area contributed by atoms with Gasteiger partial charge in [-0.3, -0.25) is 29.6 Å². The lowest BCUT2D eigenvalue weighted by molar-refractivity contribution is -0.151. The first-order valence-corrected chi connectivity index (χ1v) is 10.0. The molecule has 30 heavy (non-hydrogen) atoms. The second kappa shape index (κ2) is 9.53. The average molecular weight is 474 g/mol. The van der Waals surface area contributed by atoms with E-state index in [1.165, 1.54) is 0 Å². The second-order valence-electron chi connectivity index (χ2n) is 6.83. The van der Waals surface area contributed by atoms with Crippen LogP contribution < -0.4 is 10.7 Å². The summed E-state index contributed by atoms with van der Waals surface area (Å²) in [5.41, 5.74) is 4.36. The summed E-state index contributed by atoms with van der Waals surface area (Å²) in [5.74, 6) is -2.73. The largest absolute Gasteiger partial charge is 0.455 e. The Morgan fingerprint density at radius 3 is 2.60 bits per heavy atom. The first-order valence-electron chi connectivity index (χ1n) is 9.22. The molecule has 0 bridgehead atoms. The van der Waals surface area contributed by atoms with Crippen LogP contribution in [0.1, 0.15) is 22.3 Å². The lowest BCUT2D eigenvalue weighted by Crippen LogP contribution is -2.43. The molecular formula is C21H20BrN3O5. The van der Waals surface area contributed by atoms with Crippen molar-refractivity contribution in [3.8, 4) is 0 Å². The van der Waals surface area contributed by atoms with Gasteiger partial charge in [0.15, 0.2) is 6.61 Å². The summed E-state index contributed by atoms with van der Waals surface area (Å²) in [6, 6.07) is 13.8. The predicted molar refractivity (Wildman–Crippen MR) is 112 cm³/mol. The summed E-state index contributed by atoms with van der Waals surface area (Å²) in [6.07, 6.45) is -0.0959. The van der Waals surface area contributed by atoms with Gasteiger partial charge >= 0.3 is 5.97 Å². The molecule has 8 nitrogen and oxygen atoms in total. The van der Waals surface area contributed by atoms with Crippen LogP contribution in [0.4, 0.5) is 5.69 Å². The molecular weight excluding hydrogens is 454 g/mol. The number of nitrogens with one attached hydrogen (secondary N) is 2. The van der Waals surface area contributed by atoms with Gasteiger partial charge in [0.25, 0.3) is 11.8 Å². The van der Waals surface area contributed by atoms with Gasteiger partial charge in [-0.05, 0) is 42.8 Å². The normalized spacial score (nSPS) is 15.6. The first-order chi connectivity index (χ1) is 14.3. The van der Waals surface area contributed by atoms with Crippen molar-refractivity contribution in [2.45, 2.75) is 13.3 Å². The molecule has 1 fully saturated rings. The topological polar surface area (TPSA) is 105 Å². The predicted octanol–water partition coefficient (Wildman–Crippen LogP) is 2.43. The van der Waals surface area contributed by atoms with E-state index in [4.69, 9.17) is 4.74 Å². The van der Waals surface area contributed by atoms with Gasteiger partial charge in [0.1, 0.15) is 0 Å². The van der Waals surface area contributed by atoms with Crippen LogP contribution in [0.25, 0.3) is 0 Å². The zero-order valence-electron chi connectivity index (χ0n) is 16.2. The maximum atomic E-state index is 12.3. The highest BCUT2D eigenvalue weighted by atomic mass is 79.9. The zero-order chi connectivity index (χ0) is 21.7. The first kappa shape index (κ1) is 21.5. The number of carbonyl (C=O) groups excluding carboxylic acids is 4. The van der Waals surface area contributed by atoms with Crippen molar-refractivity contribution < 1.29 is 23.9 Å². The number of aryl methyl sites for hydroxylation is 1. The van der Waals surface area contributed by atoms with Crippen LogP contribution in [0.2, 0.25) is 0 Å².